The summed E-state index contributed by atoms with van der Waals surface area (Å²) < 4.78 is 0. The molecular formula is C10H9N3S. The number of benzene rings is 1. The lowest BCUT2D eigenvalue weighted by atomic mass is 10.1. The van der Waals surface area contributed by atoms with Crippen LogP contribution in [0, 0.1) is 11.3 Å². The summed E-state index contributed by atoms with van der Waals surface area (Å²) in [6, 6.07) is 9.74. The van der Waals surface area contributed by atoms with Crippen LogP contribution in [-0.4, -0.2) is 10.9 Å². The maximum absolute atomic E-state index is 8.63. The molecule has 0 radical (unpaired) electrons. The second kappa shape index (κ2) is 3.72. The second-order valence-electron chi connectivity index (χ2n) is 3.03. The van der Waals surface area contributed by atoms with Crippen molar-refractivity contribution in [3.05, 3.63) is 35.4 Å². The van der Waals surface area contributed by atoms with Gasteiger partial charge in [0, 0.05) is 5.75 Å². The van der Waals surface area contributed by atoms with Crippen LogP contribution in [0.1, 0.15) is 17.2 Å². The summed E-state index contributed by atoms with van der Waals surface area (Å²) in [5.74, 6) is 0.901. The van der Waals surface area contributed by atoms with E-state index in [9.17, 15) is 0 Å². The molecule has 1 aliphatic rings. The second-order valence-corrected chi connectivity index (χ2v) is 4.07. The van der Waals surface area contributed by atoms with Gasteiger partial charge in [-0.25, -0.2) is 0 Å². The quantitative estimate of drug-likeness (QED) is 0.755. The van der Waals surface area contributed by atoms with Crippen LogP contribution < -0.4 is 5.73 Å². The van der Waals surface area contributed by atoms with E-state index in [-0.39, 0.29) is 6.04 Å². The molecular weight excluding hydrogens is 194 g/mol. The van der Waals surface area contributed by atoms with Crippen LogP contribution in [0.25, 0.3) is 0 Å². The zero-order chi connectivity index (χ0) is 9.97. The van der Waals surface area contributed by atoms with Gasteiger partial charge < -0.3 is 5.73 Å². The first-order valence-electron chi connectivity index (χ1n) is 4.26. The summed E-state index contributed by atoms with van der Waals surface area (Å²) in [5, 5.41) is 9.29. The minimum absolute atomic E-state index is 0.160. The summed E-state index contributed by atoms with van der Waals surface area (Å²) in [6.07, 6.45) is 0. The molecule has 1 aromatic carbocycles. The molecule has 0 saturated heterocycles. The van der Waals surface area contributed by atoms with Crippen LogP contribution in [0.4, 0.5) is 0 Å². The number of hydrogen-bond acceptors (Lipinski definition) is 4. The summed E-state index contributed by atoms with van der Waals surface area (Å²) in [5.41, 5.74) is 7.38. The molecule has 0 aromatic heterocycles. The smallest absolute Gasteiger partial charge is 0.154 e. The van der Waals surface area contributed by atoms with E-state index in [1.807, 2.05) is 24.3 Å². The third kappa shape index (κ3) is 1.73. The minimum Gasteiger partial charge on any atom is -0.379 e. The summed E-state index contributed by atoms with van der Waals surface area (Å²) in [4.78, 5) is 4.29. The fourth-order valence-corrected chi connectivity index (χ4v) is 2.14. The Morgan fingerprint density at radius 2 is 2.14 bits per heavy atom. The molecule has 1 heterocycles. The first-order valence-corrected chi connectivity index (χ1v) is 5.24. The van der Waals surface area contributed by atoms with E-state index in [0.717, 1.165) is 11.3 Å². The van der Waals surface area contributed by atoms with Gasteiger partial charge in [-0.2, -0.15) is 5.26 Å². The van der Waals surface area contributed by atoms with Crippen molar-refractivity contribution in [3.63, 3.8) is 0 Å². The highest BCUT2D eigenvalue weighted by Crippen LogP contribution is 2.28. The number of nitrogens with zero attached hydrogens (tertiary/aromatic N) is 2. The van der Waals surface area contributed by atoms with Gasteiger partial charge in [0.2, 0.25) is 0 Å². The predicted molar refractivity (Wildman–Crippen MR) is 58.0 cm³/mol. The maximum atomic E-state index is 8.63. The topological polar surface area (TPSA) is 62.2 Å². The SMILES string of the molecule is N#Cc1ccc(C2CSC(N)=N2)cc1. The van der Waals surface area contributed by atoms with Crippen LogP contribution in [0.5, 0.6) is 0 Å². The molecule has 0 saturated carbocycles. The van der Waals surface area contributed by atoms with E-state index >= 15 is 0 Å². The highest BCUT2D eigenvalue weighted by Gasteiger charge is 2.17. The molecule has 0 bridgehead atoms. The number of nitriles is 1. The van der Waals surface area contributed by atoms with E-state index in [4.69, 9.17) is 11.0 Å². The highest BCUT2D eigenvalue weighted by molar-refractivity contribution is 8.14. The van der Waals surface area contributed by atoms with Crippen molar-refractivity contribution in [1.29, 1.82) is 5.26 Å². The van der Waals surface area contributed by atoms with Crippen molar-refractivity contribution >= 4 is 16.9 Å². The van der Waals surface area contributed by atoms with Crippen molar-refractivity contribution in [3.8, 4) is 6.07 Å². The number of hydrogen-bond donors (Lipinski definition) is 1. The zero-order valence-corrected chi connectivity index (χ0v) is 8.29. The first kappa shape index (κ1) is 9.10. The molecule has 70 valence electrons. The molecule has 1 atom stereocenters. The van der Waals surface area contributed by atoms with Crippen molar-refractivity contribution < 1.29 is 0 Å². The molecule has 0 aliphatic carbocycles. The van der Waals surface area contributed by atoms with Crippen LogP contribution in [0.3, 0.4) is 0 Å². The molecule has 1 aliphatic heterocycles. The van der Waals surface area contributed by atoms with E-state index in [1.54, 1.807) is 11.8 Å². The Morgan fingerprint density at radius 1 is 1.43 bits per heavy atom. The van der Waals surface area contributed by atoms with Crippen molar-refractivity contribution in [2.75, 3.05) is 5.75 Å². The third-order valence-corrected chi connectivity index (χ3v) is 2.98. The monoisotopic (exact) mass is 203 g/mol. The average Bonchev–Trinajstić information content (AvgIpc) is 2.65. The first-order chi connectivity index (χ1) is 6.79. The molecule has 2 N–H and O–H groups in total. The lowest BCUT2D eigenvalue weighted by Crippen LogP contribution is -2.01. The van der Waals surface area contributed by atoms with Gasteiger partial charge in [-0.1, -0.05) is 23.9 Å². The van der Waals surface area contributed by atoms with E-state index in [0.29, 0.717) is 10.7 Å². The Bertz CT molecular complexity index is 402. The number of aliphatic imine (C=N–C) groups is 1. The fraction of sp³-hybridized carbons (Fsp3) is 0.200. The normalized spacial score (nSPS) is 20.2. The Kier molecular flexibility index (Phi) is 2.42. The van der Waals surface area contributed by atoms with Gasteiger partial charge in [-0.3, -0.25) is 4.99 Å². The molecule has 14 heavy (non-hydrogen) atoms. The molecule has 3 nitrogen and oxygen atoms in total. The van der Waals surface area contributed by atoms with Crippen LogP contribution in [0.2, 0.25) is 0 Å². The van der Waals surface area contributed by atoms with Crippen molar-refractivity contribution in [1.82, 2.24) is 0 Å². The fourth-order valence-electron chi connectivity index (χ4n) is 1.34. The van der Waals surface area contributed by atoms with Gasteiger partial charge in [0.05, 0.1) is 17.7 Å². The maximum Gasteiger partial charge on any atom is 0.154 e. The summed E-state index contributed by atoms with van der Waals surface area (Å²) in [6.45, 7) is 0. The average molecular weight is 203 g/mol. The molecule has 0 amide bonds. The van der Waals surface area contributed by atoms with Gasteiger partial charge in [0.1, 0.15) is 0 Å². The Labute approximate surface area is 86.6 Å². The van der Waals surface area contributed by atoms with Crippen LogP contribution >= 0.6 is 11.8 Å². The number of thioether (sulfide) groups is 1. The van der Waals surface area contributed by atoms with E-state index in [2.05, 4.69) is 11.1 Å². The molecule has 1 aromatic rings. The van der Waals surface area contributed by atoms with Crippen LogP contribution in [0.15, 0.2) is 29.3 Å². The standard InChI is InChI=1S/C10H9N3S/c11-5-7-1-3-8(4-2-7)9-6-14-10(12)13-9/h1-4,9H,6H2,(H2,12,13). The Morgan fingerprint density at radius 3 is 2.64 bits per heavy atom. The van der Waals surface area contributed by atoms with Gasteiger partial charge in [0.15, 0.2) is 5.17 Å². The summed E-state index contributed by atoms with van der Waals surface area (Å²) in [7, 11) is 0. The molecule has 0 spiro atoms. The van der Waals surface area contributed by atoms with Crippen molar-refractivity contribution in [2.45, 2.75) is 6.04 Å². The lowest BCUT2D eigenvalue weighted by molar-refractivity contribution is 0.848. The predicted octanol–water partition coefficient (Wildman–Crippen LogP) is 1.66. The van der Waals surface area contributed by atoms with Gasteiger partial charge >= 0.3 is 0 Å². The Hall–Kier alpha value is -1.47. The molecule has 0 fully saturated rings. The summed E-state index contributed by atoms with van der Waals surface area (Å²) >= 11 is 1.57. The van der Waals surface area contributed by atoms with Crippen molar-refractivity contribution in [2.24, 2.45) is 10.7 Å². The molecule has 1 unspecified atom stereocenters. The third-order valence-electron chi connectivity index (χ3n) is 2.10. The molecule has 4 heteroatoms. The number of amidine groups is 1. The lowest BCUT2D eigenvalue weighted by Gasteiger charge is -2.04. The Balaban J connectivity index is 2.22. The van der Waals surface area contributed by atoms with Crippen LogP contribution in [-0.2, 0) is 0 Å². The highest BCUT2D eigenvalue weighted by atomic mass is 32.2. The number of nitrogens with two attached hydrogens (primary N) is 1. The van der Waals surface area contributed by atoms with E-state index in [1.165, 1.54) is 0 Å². The zero-order valence-electron chi connectivity index (χ0n) is 7.47. The number of rotatable bonds is 1. The minimum atomic E-state index is 0.160. The van der Waals surface area contributed by atoms with Gasteiger partial charge in [-0.05, 0) is 17.7 Å². The van der Waals surface area contributed by atoms with Gasteiger partial charge in [-0.15, -0.1) is 0 Å². The molecule has 2 rings (SSSR count). The largest absolute Gasteiger partial charge is 0.379 e. The van der Waals surface area contributed by atoms with E-state index < -0.39 is 0 Å². The van der Waals surface area contributed by atoms with Gasteiger partial charge in [0.25, 0.3) is 0 Å².